The van der Waals surface area contributed by atoms with Gasteiger partial charge < -0.3 is 9.64 Å². The molecule has 1 atom stereocenters. The molecule has 0 saturated carbocycles. The lowest BCUT2D eigenvalue weighted by atomic mass is 10.1. The number of carbonyl (C=O) groups excluding carboxylic acids is 2. The fourth-order valence-corrected chi connectivity index (χ4v) is 4.99. The molecule has 1 aromatic rings. The number of aryl methyl sites for hydroxylation is 2. The molecule has 0 aliphatic carbocycles. The Bertz CT molecular complexity index is 765. The fraction of sp³-hybridized carbons (Fsp3) is 0.579. The highest BCUT2D eigenvalue weighted by atomic mass is 32.2. The van der Waals surface area contributed by atoms with Crippen molar-refractivity contribution in [2.75, 3.05) is 24.7 Å². The van der Waals surface area contributed by atoms with Crippen LogP contribution in [0, 0.1) is 19.8 Å². The van der Waals surface area contributed by atoms with Gasteiger partial charge in [0.2, 0.25) is 0 Å². The average Bonchev–Trinajstić information content (AvgIpc) is 2.88. The van der Waals surface area contributed by atoms with Gasteiger partial charge in [0, 0.05) is 12.6 Å². The molecule has 0 radical (unpaired) electrons. The van der Waals surface area contributed by atoms with Crippen LogP contribution in [0.5, 0.6) is 0 Å². The number of amides is 1. The van der Waals surface area contributed by atoms with E-state index in [2.05, 4.69) is 0 Å². The number of carbonyl (C=O) groups is 2. The van der Waals surface area contributed by atoms with Gasteiger partial charge in [-0.05, 0) is 38.3 Å². The molecule has 144 valence electrons. The lowest BCUT2D eigenvalue weighted by Crippen LogP contribution is -2.45. The highest BCUT2D eigenvalue weighted by molar-refractivity contribution is 7.91. The van der Waals surface area contributed by atoms with Crippen molar-refractivity contribution in [2.24, 2.45) is 5.92 Å². The van der Waals surface area contributed by atoms with Gasteiger partial charge in [-0.25, -0.2) is 13.2 Å². The van der Waals surface area contributed by atoms with E-state index in [1.807, 2.05) is 33.8 Å². The first-order valence-electron chi connectivity index (χ1n) is 8.82. The van der Waals surface area contributed by atoms with E-state index in [1.54, 1.807) is 17.0 Å². The van der Waals surface area contributed by atoms with Crippen LogP contribution in [-0.4, -0.2) is 55.9 Å². The van der Waals surface area contributed by atoms with Crippen LogP contribution in [0.15, 0.2) is 18.2 Å². The van der Waals surface area contributed by atoms with Crippen molar-refractivity contribution in [3.63, 3.8) is 0 Å². The molecule has 1 amide bonds. The predicted molar refractivity (Wildman–Crippen MR) is 99.8 cm³/mol. The third-order valence-corrected chi connectivity index (χ3v) is 6.07. The highest BCUT2D eigenvalue weighted by Crippen LogP contribution is 2.19. The maximum Gasteiger partial charge on any atom is 0.338 e. The molecular formula is C19H27NO5S. The van der Waals surface area contributed by atoms with Gasteiger partial charge in [-0.15, -0.1) is 0 Å². The molecule has 0 bridgehead atoms. The van der Waals surface area contributed by atoms with E-state index < -0.39 is 15.8 Å². The zero-order valence-electron chi connectivity index (χ0n) is 15.8. The van der Waals surface area contributed by atoms with Gasteiger partial charge in [0.1, 0.15) is 0 Å². The third kappa shape index (κ3) is 5.56. The Morgan fingerprint density at radius 1 is 1.19 bits per heavy atom. The molecule has 1 aromatic carbocycles. The van der Waals surface area contributed by atoms with Crippen LogP contribution in [0.25, 0.3) is 0 Å². The summed E-state index contributed by atoms with van der Waals surface area (Å²) in [5.41, 5.74) is 2.30. The first-order valence-corrected chi connectivity index (χ1v) is 10.6. The fourth-order valence-electron chi connectivity index (χ4n) is 3.26. The molecule has 0 N–H and O–H groups in total. The monoisotopic (exact) mass is 381 g/mol. The Balaban J connectivity index is 2.03. The van der Waals surface area contributed by atoms with Crippen molar-refractivity contribution in [3.8, 4) is 0 Å². The van der Waals surface area contributed by atoms with Crippen LogP contribution in [0.4, 0.5) is 0 Å². The summed E-state index contributed by atoms with van der Waals surface area (Å²) < 4.78 is 28.7. The number of benzene rings is 1. The Labute approximate surface area is 155 Å². The molecule has 6 nitrogen and oxygen atoms in total. The van der Waals surface area contributed by atoms with E-state index in [-0.39, 0.29) is 36.0 Å². The normalized spacial score (nSPS) is 18.7. The van der Waals surface area contributed by atoms with E-state index in [1.165, 1.54) is 0 Å². The molecule has 1 heterocycles. The summed E-state index contributed by atoms with van der Waals surface area (Å²) in [6.07, 6.45) is 0.436. The number of ether oxygens (including phenoxy) is 1. The highest BCUT2D eigenvalue weighted by Gasteiger charge is 2.35. The lowest BCUT2D eigenvalue weighted by Gasteiger charge is -2.29. The standard InChI is InChI=1S/C19H27NO5S/c1-13(2)10-20(17-5-6-26(23,24)12-17)18(21)11-25-19(22)16-8-14(3)7-15(4)9-16/h7-9,13,17H,5-6,10-12H2,1-4H3/t17-/m1/s1. The van der Waals surface area contributed by atoms with Gasteiger partial charge in [0.05, 0.1) is 17.1 Å². The zero-order chi connectivity index (χ0) is 19.5. The van der Waals surface area contributed by atoms with Gasteiger partial charge in [-0.3, -0.25) is 4.79 Å². The summed E-state index contributed by atoms with van der Waals surface area (Å²) in [6, 6.07) is 5.05. The number of hydrogen-bond acceptors (Lipinski definition) is 5. The van der Waals surface area contributed by atoms with E-state index in [9.17, 15) is 18.0 Å². The van der Waals surface area contributed by atoms with Crippen LogP contribution >= 0.6 is 0 Å². The number of sulfone groups is 1. The van der Waals surface area contributed by atoms with Gasteiger partial charge in [0.15, 0.2) is 16.4 Å². The number of hydrogen-bond donors (Lipinski definition) is 0. The maximum atomic E-state index is 12.6. The van der Waals surface area contributed by atoms with E-state index in [0.29, 0.717) is 18.5 Å². The summed E-state index contributed by atoms with van der Waals surface area (Å²) in [7, 11) is -3.10. The van der Waals surface area contributed by atoms with E-state index in [4.69, 9.17) is 4.74 Å². The van der Waals surface area contributed by atoms with Crippen molar-refractivity contribution >= 4 is 21.7 Å². The number of rotatable bonds is 6. The van der Waals surface area contributed by atoms with Crippen LogP contribution in [-0.2, 0) is 19.4 Å². The zero-order valence-corrected chi connectivity index (χ0v) is 16.6. The first-order chi connectivity index (χ1) is 12.1. The molecule has 1 saturated heterocycles. The first kappa shape index (κ1) is 20.4. The summed E-state index contributed by atoms with van der Waals surface area (Å²) in [5.74, 6) is -0.622. The van der Waals surface area contributed by atoms with Crippen LogP contribution < -0.4 is 0 Å². The van der Waals surface area contributed by atoms with E-state index >= 15 is 0 Å². The quantitative estimate of drug-likeness (QED) is 0.705. The Kier molecular flexibility index (Phi) is 6.44. The van der Waals surface area contributed by atoms with Gasteiger partial charge in [-0.2, -0.15) is 0 Å². The molecule has 7 heteroatoms. The topological polar surface area (TPSA) is 80.8 Å². The molecule has 1 aliphatic heterocycles. The van der Waals surface area contributed by atoms with Gasteiger partial charge in [0.25, 0.3) is 5.91 Å². The summed E-state index contributed by atoms with van der Waals surface area (Å²) in [6.45, 7) is 7.77. The minimum absolute atomic E-state index is 0.0174. The Morgan fingerprint density at radius 2 is 1.81 bits per heavy atom. The van der Waals surface area contributed by atoms with Crippen LogP contribution in [0.3, 0.4) is 0 Å². The smallest absolute Gasteiger partial charge is 0.338 e. The van der Waals surface area contributed by atoms with Gasteiger partial charge >= 0.3 is 5.97 Å². The van der Waals surface area contributed by atoms with Crippen molar-refractivity contribution < 1.29 is 22.7 Å². The summed E-state index contributed by atoms with van der Waals surface area (Å²) in [5, 5.41) is 0. The summed E-state index contributed by atoms with van der Waals surface area (Å²) >= 11 is 0. The average molecular weight is 381 g/mol. The molecule has 0 spiro atoms. The van der Waals surface area contributed by atoms with Crippen molar-refractivity contribution in [2.45, 2.75) is 40.2 Å². The molecule has 0 unspecified atom stereocenters. The largest absolute Gasteiger partial charge is 0.452 e. The van der Waals surface area contributed by atoms with Crippen LogP contribution in [0.1, 0.15) is 41.8 Å². The second kappa shape index (κ2) is 8.20. The number of esters is 1. The predicted octanol–water partition coefficient (Wildman–Crippen LogP) is 2.13. The number of nitrogens with zero attached hydrogens (tertiary/aromatic N) is 1. The molecule has 2 rings (SSSR count). The van der Waals surface area contributed by atoms with E-state index in [0.717, 1.165) is 11.1 Å². The lowest BCUT2D eigenvalue weighted by molar-refractivity contribution is -0.137. The summed E-state index contributed by atoms with van der Waals surface area (Å²) in [4.78, 5) is 26.4. The molecule has 1 aliphatic rings. The molecular weight excluding hydrogens is 354 g/mol. The second-order valence-electron chi connectivity index (χ2n) is 7.45. The molecule has 0 aromatic heterocycles. The van der Waals surface area contributed by atoms with Crippen molar-refractivity contribution in [1.82, 2.24) is 4.90 Å². The maximum absolute atomic E-state index is 12.6. The molecule has 1 fully saturated rings. The van der Waals surface area contributed by atoms with Gasteiger partial charge in [-0.1, -0.05) is 31.0 Å². The van der Waals surface area contributed by atoms with Crippen molar-refractivity contribution in [1.29, 1.82) is 0 Å². The second-order valence-corrected chi connectivity index (χ2v) is 9.68. The Hall–Kier alpha value is -1.89. The minimum atomic E-state index is -3.10. The van der Waals surface area contributed by atoms with Crippen LogP contribution in [0.2, 0.25) is 0 Å². The third-order valence-electron chi connectivity index (χ3n) is 4.32. The minimum Gasteiger partial charge on any atom is -0.452 e. The van der Waals surface area contributed by atoms with Crippen molar-refractivity contribution in [3.05, 3.63) is 34.9 Å². The SMILES string of the molecule is Cc1cc(C)cc(C(=O)OCC(=O)N(CC(C)C)[C@@H]2CCS(=O)(=O)C2)c1. The molecule has 26 heavy (non-hydrogen) atoms. The Morgan fingerprint density at radius 3 is 2.31 bits per heavy atom.